The summed E-state index contributed by atoms with van der Waals surface area (Å²) >= 11 is 5.69. The molecule has 0 aromatic carbocycles. The van der Waals surface area contributed by atoms with E-state index in [4.69, 9.17) is 17.3 Å². The van der Waals surface area contributed by atoms with Gasteiger partial charge in [-0.2, -0.15) is 0 Å². The van der Waals surface area contributed by atoms with Gasteiger partial charge in [-0.15, -0.1) is 0 Å². The van der Waals surface area contributed by atoms with Crippen molar-refractivity contribution in [1.29, 1.82) is 0 Å². The van der Waals surface area contributed by atoms with E-state index in [1.807, 2.05) is 19.1 Å². The molecule has 0 spiro atoms. The second kappa shape index (κ2) is 5.27. The molecule has 0 rings (SSSR count). The summed E-state index contributed by atoms with van der Waals surface area (Å²) in [6, 6.07) is 0. The highest BCUT2D eigenvalue weighted by Crippen LogP contribution is 2.07. The maximum absolute atomic E-state index is 5.69. The number of halogens is 1. The van der Waals surface area contributed by atoms with Gasteiger partial charge in [0.1, 0.15) is 0 Å². The molecule has 0 saturated heterocycles. The zero-order chi connectivity index (χ0) is 7.98. The molecular formula is C8H12ClN. The maximum Gasteiger partial charge on any atom is 0.0194 e. The molecule has 0 amide bonds. The molecule has 10 heavy (non-hydrogen) atoms. The van der Waals surface area contributed by atoms with Crippen LogP contribution in [0.5, 0.6) is 0 Å². The quantitative estimate of drug-likeness (QED) is 0.625. The van der Waals surface area contributed by atoms with E-state index >= 15 is 0 Å². The Morgan fingerprint density at radius 1 is 1.70 bits per heavy atom. The van der Waals surface area contributed by atoms with Crippen LogP contribution < -0.4 is 5.73 Å². The highest BCUT2D eigenvalue weighted by atomic mass is 35.5. The molecule has 0 aliphatic carbocycles. The predicted octanol–water partition coefficient (Wildman–Crippen LogP) is 2.20. The fourth-order valence-corrected chi connectivity index (χ4v) is 0.648. The topological polar surface area (TPSA) is 26.0 Å². The number of allylic oxidation sites excluding steroid dienone is 3. The van der Waals surface area contributed by atoms with Crippen LogP contribution >= 0.6 is 11.6 Å². The largest absolute Gasteiger partial charge is 0.326 e. The Kier molecular flexibility index (Phi) is 4.99. The summed E-state index contributed by atoms with van der Waals surface area (Å²) in [5, 5.41) is 0.737. The normalized spacial score (nSPS) is 13.5. The monoisotopic (exact) mass is 157 g/mol. The summed E-state index contributed by atoms with van der Waals surface area (Å²) in [7, 11) is 0. The summed E-state index contributed by atoms with van der Waals surface area (Å²) in [6.45, 7) is 5.82. The standard InChI is InChI=1S/C8H12ClN/c1-3-4-5-8(6-10)7(2)9/h3-5H,1,6,10H2,2H3. The Hall–Kier alpha value is -0.530. The third-order valence-corrected chi connectivity index (χ3v) is 1.34. The highest BCUT2D eigenvalue weighted by molar-refractivity contribution is 6.29. The van der Waals surface area contributed by atoms with Crippen LogP contribution in [-0.2, 0) is 0 Å². The first-order valence-corrected chi connectivity index (χ1v) is 3.44. The van der Waals surface area contributed by atoms with Crippen molar-refractivity contribution in [2.45, 2.75) is 6.92 Å². The first kappa shape index (κ1) is 9.47. The molecule has 0 bridgehead atoms. The molecule has 1 nitrogen and oxygen atoms in total. The van der Waals surface area contributed by atoms with E-state index in [2.05, 4.69) is 6.58 Å². The zero-order valence-corrected chi connectivity index (χ0v) is 6.86. The van der Waals surface area contributed by atoms with Crippen LogP contribution in [0.2, 0.25) is 0 Å². The molecule has 0 unspecified atom stereocenters. The van der Waals surface area contributed by atoms with Crippen LogP contribution in [0.3, 0.4) is 0 Å². The van der Waals surface area contributed by atoms with Gasteiger partial charge in [0.2, 0.25) is 0 Å². The lowest BCUT2D eigenvalue weighted by molar-refractivity contribution is 1.17. The SMILES string of the molecule is C=CC=CC(CN)=C(C)Cl. The second-order valence-corrected chi connectivity index (χ2v) is 2.42. The molecule has 56 valence electrons. The minimum absolute atomic E-state index is 0.472. The first-order valence-electron chi connectivity index (χ1n) is 3.06. The summed E-state index contributed by atoms with van der Waals surface area (Å²) in [6.07, 6.45) is 5.36. The average molecular weight is 158 g/mol. The molecular weight excluding hydrogens is 146 g/mol. The highest BCUT2D eigenvalue weighted by Gasteiger charge is 1.90. The van der Waals surface area contributed by atoms with E-state index in [9.17, 15) is 0 Å². The molecule has 0 aromatic heterocycles. The summed E-state index contributed by atoms with van der Waals surface area (Å²) in [4.78, 5) is 0. The van der Waals surface area contributed by atoms with Gasteiger partial charge in [0, 0.05) is 11.6 Å². The lowest BCUT2D eigenvalue weighted by Crippen LogP contribution is -2.01. The second-order valence-electron chi connectivity index (χ2n) is 1.86. The molecule has 0 heterocycles. The van der Waals surface area contributed by atoms with E-state index < -0.39 is 0 Å². The van der Waals surface area contributed by atoms with Gasteiger partial charge >= 0.3 is 0 Å². The molecule has 0 aliphatic rings. The van der Waals surface area contributed by atoms with Crippen LogP contribution in [0.1, 0.15) is 6.92 Å². The van der Waals surface area contributed by atoms with Crippen LogP contribution in [0.25, 0.3) is 0 Å². The fourth-order valence-electron chi connectivity index (χ4n) is 0.508. The average Bonchev–Trinajstić information content (AvgIpc) is 1.89. The van der Waals surface area contributed by atoms with Crippen LogP contribution in [-0.4, -0.2) is 6.54 Å². The lowest BCUT2D eigenvalue weighted by atomic mass is 10.2. The van der Waals surface area contributed by atoms with Crippen LogP contribution in [0.15, 0.2) is 35.4 Å². The summed E-state index contributed by atoms with van der Waals surface area (Å²) in [5.41, 5.74) is 6.33. The molecule has 0 radical (unpaired) electrons. The van der Waals surface area contributed by atoms with E-state index in [0.717, 1.165) is 10.6 Å². The van der Waals surface area contributed by atoms with Crippen molar-refractivity contribution >= 4 is 11.6 Å². The Balaban J connectivity index is 4.23. The van der Waals surface area contributed by atoms with Crippen molar-refractivity contribution in [2.24, 2.45) is 5.73 Å². The van der Waals surface area contributed by atoms with Crippen molar-refractivity contribution in [1.82, 2.24) is 0 Å². The molecule has 0 aliphatic heterocycles. The van der Waals surface area contributed by atoms with E-state index in [1.54, 1.807) is 6.08 Å². The molecule has 0 saturated carbocycles. The van der Waals surface area contributed by atoms with E-state index in [-0.39, 0.29) is 0 Å². The molecule has 2 heteroatoms. The zero-order valence-electron chi connectivity index (χ0n) is 6.10. The molecule has 0 aromatic rings. The van der Waals surface area contributed by atoms with Crippen molar-refractivity contribution in [3.8, 4) is 0 Å². The predicted molar refractivity (Wildman–Crippen MR) is 46.9 cm³/mol. The smallest absolute Gasteiger partial charge is 0.0194 e. The van der Waals surface area contributed by atoms with Crippen LogP contribution in [0, 0.1) is 0 Å². The van der Waals surface area contributed by atoms with Gasteiger partial charge in [-0.05, 0) is 12.5 Å². The Morgan fingerprint density at radius 2 is 2.30 bits per heavy atom. The van der Waals surface area contributed by atoms with E-state index in [1.165, 1.54) is 0 Å². The first-order chi connectivity index (χ1) is 4.72. The molecule has 2 N–H and O–H groups in total. The van der Waals surface area contributed by atoms with Crippen LogP contribution in [0.4, 0.5) is 0 Å². The number of rotatable bonds is 3. The molecule has 0 fully saturated rings. The van der Waals surface area contributed by atoms with Gasteiger partial charge in [0.15, 0.2) is 0 Å². The van der Waals surface area contributed by atoms with Crippen molar-refractivity contribution in [2.75, 3.05) is 6.54 Å². The Labute approximate surface area is 66.9 Å². The van der Waals surface area contributed by atoms with Crippen molar-refractivity contribution < 1.29 is 0 Å². The van der Waals surface area contributed by atoms with E-state index in [0.29, 0.717) is 6.54 Å². The van der Waals surface area contributed by atoms with Gasteiger partial charge in [-0.25, -0.2) is 0 Å². The Bertz CT molecular complexity index is 164. The maximum atomic E-state index is 5.69. The van der Waals surface area contributed by atoms with Crippen molar-refractivity contribution in [3.05, 3.63) is 35.4 Å². The lowest BCUT2D eigenvalue weighted by Gasteiger charge is -1.96. The van der Waals surface area contributed by atoms with Gasteiger partial charge < -0.3 is 5.73 Å². The third-order valence-electron chi connectivity index (χ3n) is 1.10. The Morgan fingerprint density at radius 3 is 2.60 bits per heavy atom. The van der Waals surface area contributed by atoms with Crippen molar-refractivity contribution in [3.63, 3.8) is 0 Å². The van der Waals surface area contributed by atoms with Gasteiger partial charge in [0.25, 0.3) is 0 Å². The minimum Gasteiger partial charge on any atom is -0.326 e. The minimum atomic E-state index is 0.472. The van der Waals surface area contributed by atoms with Gasteiger partial charge in [-0.1, -0.05) is 36.4 Å². The number of hydrogen-bond donors (Lipinski definition) is 1. The summed E-state index contributed by atoms with van der Waals surface area (Å²) < 4.78 is 0. The number of nitrogens with two attached hydrogens (primary N) is 1. The molecule has 0 atom stereocenters. The number of hydrogen-bond acceptors (Lipinski definition) is 1. The van der Waals surface area contributed by atoms with Gasteiger partial charge in [0.05, 0.1) is 0 Å². The third kappa shape index (κ3) is 3.49. The fraction of sp³-hybridized carbons (Fsp3) is 0.250. The van der Waals surface area contributed by atoms with Gasteiger partial charge in [-0.3, -0.25) is 0 Å². The summed E-state index contributed by atoms with van der Waals surface area (Å²) in [5.74, 6) is 0.